The quantitative estimate of drug-likeness (QED) is 0.588. The van der Waals surface area contributed by atoms with E-state index in [0.717, 1.165) is 0 Å². The van der Waals surface area contributed by atoms with E-state index in [0.29, 0.717) is 22.4 Å². The molecule has 3 aromatic rings. The molecule has 1 aromatic heterocycles. The fraction of sp³-hybridized carbons (Fsp3) is 0.158. The number of benzene rings is 2. The van der Waals surface area contributed by atoms with E-state index < -0.39 is 5.78 Å². The first-order chi connectivity index (χ1) is 12.5. The second-order valence-corrected chi connectivity index (χ2v) is 5.80. The molecule has 0 aliphatic heterocycles. The highest BCUT2D eigenvalue weighted by atomic mass is 16.5. The molecule has 132 valence electrons. The summed E-state index contributed by atoms with van der Waals surface area (Å²) >= 11 is 0. The first-order valence-corrected chi connectivity index (χ1v) is 7.79. The second kappa shape index (κ2) is 5.52. The van der Waals surface area contributed by atoms with E-state index in [-0.39, 0.29) is 39.7 Å². The van der Waals surface area contributed by atoms with Crippen LogP contribution < -0.4 is 14.2 Å². The molecule has 0 radical (unpaired) electrons. The molecule has 0 amide bonds. The Morgan fingerprint density at radius 2 is 1.65 bits per heavy atom. The average Bonchev–Trinajstić information content (AvgIpc) is 3.03. The van der Waals surface area contributed by atoms with Gasteiger partial charge in [-0.1, -0.05) is 6.07 Å². The minimum Gasteiger partial charge on any atom is -0.507 e. The smallest absolute Gasteiger partial charge is 0.210 e. The standard InChI is InChI=1S/C19H15NO6/c1-24-11-7-9-13(19(26-3)18(11)25-2)14-15(20-9)16(22)8-5-4-6-10(21)12(8)17(14)23/h4-7,20-21H,1-3H3. The Morgan fingerprint density at radius 3 is 2.31 bits per heavy atom. The van der Waals surface area contributed by atoms with E-state index >= 15 is 0 Å². The summed E-state index contributed by atoms with van der Waals surface area (Å²) in [7, 11) is 4.38. The SMILES string of the molecule is COc1cc2[nH]c3c(c2c(OC)c1OC)C(=O)c1c(O)cccc1C3=O. The summed E-state index contributed by atoms with van der Waals surface area (Å²) in [5.74, 6) is -0.0749. The fourth-order valence-electron chi connectivity index (χ4n) is 3.45. The minimum absolute atomic E-state index is 0.0114. The predicted molar refractivity (Wildman–Crippen MR) is 92.9 cm³/mol. The number of methoxy groups -OCH3 is 3. The number of aromatic amines is 1. The number of carbonyl (C=O) groups is 2. The summed E-state index contributed by atoms with van der Waals surface area (Å²) in [6, 6.07) is 6.06. The zero-order valence-electron chi connectivity index (χ0n) is 14.3. The first kappa shape index (κ1) is 16.0. The van der Waals surface area contributed by atoms with Crippen LogP contribution in [0.2, 0.25) is 0 Å². The molecule has 1 heterocycles. The molecule has 2 N–H and O–H groups in total. The van der Waals surface area contributed by atoms with Gasteiger partial charge in [0.15, 0.2) is 11.5 Å². The lowest BCUT2D eigenvalue weighted by Gasteiger charge is -2.17. The number of ketones is 2. The Balaban J connectivity index is 2.14. The number of carbonyl (C=O) groups excluding carboxylic acids is 2. The van der Waals surface area contributed by atoms with Crippen LogP contribution in [0.15, 0.2) is 24.3 Å². The van der Waals surface area contributed by atoms with Gasteiger partial charge in [-0.25, -0.2) is 0 Å². The van der Waals surface area contributed by atoms with E-state index in [4.69, 9.17) is 14.2 Å². The molecule has 0 bridgehead atoms. The van der Waals surface area contributed by atoms with Crippen LogP contribution in [0, 0.1) is 0 Å². The van der Waals surface area contributed by atoms with Crippen LogP contribution in [-0.4, -0.2) is 43.0 Å². The Hall–Kier alpha value is -3.48. The summed E-state index contributed by atoms with van der Waals surface area (Å²) in [5, 5.41) is 10.5. The molecule has 7 nitrogen and oxygen atoms in total. The molecule has 0 atom stereocenters. The molecule has 4 rings (SSSR count). The Kier molecular flexibility index (Phi) is 3.40. The van der Waals surface area contributed by atoms with Crippen LogP contribution in [0.25, 0.3) is 10.9 Å². The zero-order chi connectivity index (χ0) is 18.6. The molecule has 26 heavy (non-hydrogen) atoms. The number of H-pyrrole nitrogens is 1. The lowest BCUT2D eigenvalue weighted by Crippen LogP contribution is -2.20. The summed E-state index contributed by atoms with van der Waals surface area (Å²) < 4.78 is 16.2. The van der Waals surface area contributed by atoms with Crippen LogP contribution in [0.3, 0.4) is 0 Å². The molecule has 0 fully saturated rings. The molecular formula is C19H15NO6. The van der Waals surface area contributed by atoms with E-state index in [1.165, 1.54) is 39.5 Å². The molecule has 2 aromatic carbocycles. The van der Waals surface area contributed by atoms with Gasteiger partial charge in [0, 0.05) is 11.6 Å². The van der Waals surface area contributed by atoms with Gasteiger partial charge in [-0.15, -0.1) is 0 Å². The Bertz CT molecular complexity index is 1100. The zero-order valence-corrected chi connectivity index (χ0v) is 14.3. The number of hydrogen-bond donors (Lipinski definition) is 2. The van der Waals surface area contributed by atoms with Crippen molar-refractivity contribution < 1.29 is 28.9 Å². The fourth-order valence-corrected chi connectivity index (χ4v) is 3.45. The molecule has 0 unspecified atom stereocenters. The number of aromatic nitrogens is 1. The molecule has 1 aliphatic carbocycles. The van der Waals surface area contributed by atoms with Crippen molar-refractivity contribution in [2.45, 2.75) is 0 Å². The highest BCUT2D eigenvalue weighted by Crippen LogP contribution is 2.47. The largest absolute Gasteiger partial charge is 0.507 e. The van der Waals surface area contributed by atoms with Gasteiger partial charge in [-0.2, -0.15) is 0 Å². The number of nitrogens with one attached hydrogen (secondary N) is 1. The van der Waals surface area contributed by atoms with Crippen molar-refractivity contribution in [1.29, 1.82) is 0 Å². The van der Waals surface area contributed by atoms with Gasteiger partial charge in [0.25, 0.3) is 0 Å². The first-order valence-electron chi connectivity index (χ1n) is 7.79. The predicted octanol–water partition coefficient (Wildman–Crippen LogP) is 2.67. The van der Waals surface area contributed by atoms with Crippen LogP contribution >= 0.6 is 0 Å². The summed E-state index contributed by atoms with van der Waals surface area (Å²) in [6.45, 7) is 0. The van der Waals surface area contributed by atoms with E-state index in [9.17, 15) is 14.7 Å². The van der Waals surface area contributed by atoms with Crippen LogP contribution in [0.4, 0.5) is 0 Å². The van der Waals surface area contributed by atoms with Crippen molar-refractivity contribution in [2.24, 2.45) is 0 Å². The number of aromatic hydroxyl groups is 1. The molecule has 1 aliphatic rings. The normalized spacial score (nSPS) is 12.7. The summed E-state index contributed by atoms with van der Waals surface area (Å²) in [6.07, 6.45) is 0. The van der Waals surface area contributed by atoms with Crippen molar-refractivity contribution in [1.82, 2.24) is 4.98 Å². The van der Waals surface area contributed by atoms with Crippen molar-refractivity contribution >= 4 is 22.5 Å². The van der Waals surface area contributed by atoms with E-state index in [1.54, 1.807) is 6.07 Å². The summed E-state index contributed by atoms with van der Waals surface area (Å²) in [4.78, 5) is 29.0. The molecule has 0 saturated carbocycles. The average molecular weight is 353 g/mol. The highest BCUT2D eigenvalue weighted by molar-refractivity contribution is 6.33. The number of phenolic OH excluding ortho intramolecular Hbond substituents is 1. The molecule has 0 saturated heterocycles. The van der Waals surface area contributed by atoms with Crippen LogP contribution in [0.5, 0.6) is 23.0 Å². The highest BCUT2D eigenvalue weighted by Gasteiger charge is 2.37. The van der Waals surface area contributed by atoms with Crippen molar-refractivity contribution in [3.8, 4) is 23.0 Å². The number of rotatable bonds is 3. The van der Waals surface area contributed by atoms with Gasteiger partial charge in [-0.05, 0) is 12.1 Å². The van der Waals surface area contributed by atoms with Gasteiger partial charge in [0.2, 0.25) is 17.3 Å². The third kappa shape index (κ3) is 1.88. The van der Waals surface area contributed by atoms with Gasteiger partial charge in [-0.3, -0.25) is 9.59 Å². The maximum absolute atomic E-state index is 13.1. The van der Waals surface area contributed by atoms with Crippen molar-refractivity contribution in [3.63, 3.8) is 0 Å². The van der Waals surface area contributed by atoms with Gasteiger partial charge >= 0.3 is 0 Å². The second-order valence-electron chi connectivity index (χ2n) is 5.80. The minimum atomic E-state index is -0.454. The third-order valence-corrected chi connectivity index (χ3v) is 4.56. The van der Waals surface area contributed by atoms with Crippen LogP contribution in [-0.2, 0) is 0 Å². The maximum atomic E-state index is 13.1. The Labute approximate surface area is 148 Å². The lowest BCUT2D eigenvalue weighted by molar-refractivity contribution is 0.0975. The maximum Gasteiger partial charge on any atom is 0.210 e. The molecule has 0 spiro atoms. The number of fused-ring (bicyclic) bond motifs is 4. The number of phenols is 1. The van der Waals surface area contributed by atoms with Gasteiger partial charge in [0.05, 0.1) is 49.1 Å². The van der Waals surface area contributed by atoms with E-state index in [1.807, 2.05) is 0 Å². The Morgan fingerprint density at radius 1 is 0.923 bits per heavy atom. The molecular weight excluding hydrogens is 338 g/mol. The lowest BCUT2D eigenvalue weighted by atomic mass is 9.86. The number of ether oxygens (including phenoxy) is 3. The third-order valence-electron chi connectivity index (χ3n) is 4.56. The monoisotopic (exact) mass is 353 g/mol. The summed E-state index contributed by atoms with van der Waals surface area (Å²) in [5.41, 5.74) is 0.946. The molecule has 7 heteroatoms. The number of hydrogen-bond acceptors (Lipinski definition) is 6. The van der Waals surface area contributed by atoms with E-state index in [2.05, 4.69) is 4.98 Å². The van der Waals surface area contributed by atoms with Gasteiger partial charge in [0.1, 0.15) is 5.75 Å². The van der Waals surface area contributed by atoms with Gasteiger partial charge < -0.3 is 24.3 Å². The van der Waals surface area contributed by atoms with Crippen molar-refractivity contribution in [2.75, 3.05) is 21.3 Å². The van der Waals surface area contributed by atoms with Crippen molar-refractivity contribution in [3.05, 3.63) is 46.6 Å². The topological polar surface area (TPSA) is 97.8 Å². The van der Waals surface area contributed by atoms with Crippen LogP contribution in [0.1, 0.15) is 32.0 Å².